The summed E-state index contributed by atoms with van der Waals surface area (Å²) in [6.07, 6.45) is -0.344. The van der Waals surface area contributed by atoms with Crippen LogP contribution in [0.15, 0.2) is 29.2 Å². The van der Waals surface area contributed by atoms with Crippen molar-refractivity contribution in [3.8, 4) is 0 Å². The van der Waals surface area contributed by atoms with Crippen LogP contribution in [0.2, 0.25) is 5.02 Å². The Labute approximate surface area is 139 Å². The Morgan fingerprint density at radius 2 is 2.13 bits per heavy atom. The van der Waals surface area contributed by atoms with Gasteiger partial charge in [0.05, 0.1) is 18.1 Å². The molecule has 1 N–H and O–H groups in total. The Morgan fingerprint density at radius 1 is 1.43 bits per heavy atom. The summed E-state index contributed by atoms with van der Waals surface area (Å²) >= 11 is 5.97. The molecule has 1 aromatic carbocycles. The number of ether oxygens (including phenoxy) is 1. The van der Waals surface area contributed by atoms with E-state index in [-0.39, 0.29) is 36.0 Å². The molecule has 1 aromatic rings. The van der Waals surface area contributed by atoms with E-state index >= 15 is 0 Å². The van der Waals surface area contributed by atoms with Crippen LogP contribution in [-0.2, 0) is 24.3 Å². The molecule has 1 heterocycles. The molecule has 1 aliphatic rings. The first-order valence-corrected chi connectivity index (χ1v) is 8.89. The van der Waals surface area contributed by atoms with E-state index in [1.165, 1.54) is 12.1 Å². The standard InChI is InChI=1S/C14H17ClN2O5S/c1-2-22-13(18)9-11-14(19)16-7-8-17(11)23(20,21)12-6-4-3-5-10(12)15/h3-6,11H,2,7-9H2,1H3,(H,16,19)/t11-/m1/s1. The van der Waals surface area contributed by atoms with Gasteiger partial charge in [-0.05, 0) is 19.1 Å². The van der Waals surface area contributed by atoms with E-state index in [4.69, 9.17) is 16.3 Å². The number of nitrogens with zero attached hydrogens (tertiary/aromatic N) is 1. The van der Waals surface area contributed by atoms with Crippen molar-refractivity contribution in [2.45, 2.75) is 24.3 Å². The van der Waals surface area contributed by atoms with Gasteiger partial charge in [-0.3, -0.25) is 9.59 Å². The van der Waals surface area contributed by atoms with Crippen molar-refractivity contribution in [3.05, 3.63) is 29.3 Å². The lowest BCUT2D eigenvalue weighted by Gasteiger charge is -2.33. The van der Waals surface area contributed by atoms with Gasteiger partial charge in [0, 0.05) is 13.1 Å². The minimum Gasteiger partial charge on any atom is -0.466 e. The van der Waals surface area contributed by atoms with Crippen molar-refractivity contribution >= 4 is 33.5 Å². The van der Waals surface area contributed by atoms with Gasteiger partial charge in [-0.25, -0.2) is 8.42 Å². The smallest absolute Gasteiger partial charge is 0.307 e. The predicted molar refractivity (Wildman–Crippen MR) is 83.4 cm³/mol. The number of sulfonamides is 1. The van der Waals surface area contributed by atoms with E-state index in [1.54, 1.807) is 19.1 Å². The Bertz CT molecular complexity index is 707. The molecule has 0 aromatic heterocycles. The molecule has 0 unspecified atom stereocenters. The summed E-state index contributed by atoms with van der Waals surface area (Å²) in [4.78, 5) is 23.6. The lowest BCUT2D eigenvalue weighted by molar-refractivity contribution is -0.146. The molecular weight excluding hydrogens is 344 g/mol. The number of rotatable bonds is 5. The summed E-state index contributed by atoms with van der Waals surface area (Å²) in [7, 11) is -4.00. The molecule has 126 valence electrons. The number of hydrogen-bond acceptors (Lipinski definition) is 5. The van der Waals surface area contributed by atoms with Crippen LogP contribution in [0, 0.1) is 0 Å². The minimum atomic E-state index is -4.00. The minimum absolute atomic E-state index is 0.0589. The van der Waals surface area contributed by atoms with Gasteiger partial charge in [0.15, 0.2) is 0 Å². The second kappa shape index (κ2) is 7.29. The van der Waals surface area contributed by atoms with Crippen molar-refractivity contribution in [2.75, 3.05) is 19.7 Å². The Morgan fingerprint density at radius 3 is 2.78 bits per heavy atom. The molecule has 0 radical (unpaired) electrons. The highest BCUT2D eigenvalue weighted by molar-refractivity contribution is 7.89. The molecule has 0 spiro atoms. The zero-order valence-corrected chi connectivity index (χ0v) is 14.1. The quantitative estimate of drug-likeness (QED) is 0.783. The van der Waals surface area contributed by atoms with Gasteiger partial charge in [0.2, 0.25) is 15.9 Å². The first-order chi connectivity index (χ1) is 10.9. The molecule has 1 atom stereocenters. The van der Waals surface area contributed by atoms with Crippen LogP contribution in [0.4, 0.5) is 0 Å². The predicted octanol–water partition coefficient (Wildman–Crippen LogP) is 0.782. The van der Waals surface area contributed by atoms with Gasteiger partial charge < -0.3 is 10.1 Å². The van der Waals surface area contributed by atoms with Crippen LogP contribution in [0.25, 0.3) is 0 Å². The molecule has 1 fully saturated rings. The molecule has 1 saturated heterocycles. The highest BCUT2D eigenvalue weighted by Gasteiger charge is 2.40. The van der Waals surface area contributed by atoms with Gasteiger partial charge in [-0.1, -0.05) is 23.7 Å². The Kier molecular flexibility index (Phi) is 5.61. The van der Waals surface area contributed by atoms with Crippen LogP contribution >= 0.6 is 11.6 Å². The summed E-state index contributed by atoms with van der Waals surface area (Å²) in [6, 6.07) is 4.83. The van der Waals surface area contributed by atoms with Crippen molar-refractivity contribution in [3.63, 3.8) is 0 Å². The van der Waals surface area contributed by atoms with Crippen molar-refractivity contribution in [1.82, 2.24) is 9.62 Å². The lowest BCUT2D eigenvalue weighted by Crippen LogP contribution is -2.57. The van der Waals surface area contributed by atoms with Crippen molar-refractivity contribution in [2.24, 2.45) is 0 Å². The van der Waals surface area contributed by atoms with Gasteiger partial charge in [0.25, 0.3) is 0 Å². The topological polar surface area (TPSA) is 92.8 Å². The maximum Gasteiger partial charge on any atom is 0.307 e. The SMILES string of the molecule is CCOC(=O)C[C@@H]1C(=O)NCCN1S(=O)(=O)c1ccccc1Cl. The number of amides is 1. The number of benzene rings is 1. The lowest BCUT2D eigenvalue weighted by atomic mass is 10.1. The molecule has 0 saturated carbocycles. The van der Waals surface area contributed by atoms with E-state index in [0.717, 1.165) is 4.31 Å². The third-order valence-corrected chi connectivity index (χ3v) is 5.78. The maximum absolute atomic E-state index is 12.8. The normalized spacial score (nSPS) is 19.2. The van der Waals surface area contributed by atoms with Crippen LogP contribution < -0.4 is 5.32 Å². The van der Waals surface area contributed by atoms with Gasteiger partial charge in [-0.15, -0.1) is 0 Å². The fraction of sp³-hybridized carbons (Fsp3) is 0.429. The summed E-state index contributed by atoms with van der Waals surface area (Å²) in [6.45, 7) is 2.02. The van der Waals surface area contributed by atoms with Crippen LogP contribution in [0.1, 0.15) is 13.3 Å². The number of carbonyl (C=O) groups excluding carboxylic acids is 2. The molecule has 7 nitrogen and oxygen atoms in total. The molecule has 2 rings (SSSR count). The molecule has 1 amide bonds. The molecule has 9 heteroatoms. The van der Waals surface area contributed by atoms with Gasteiger partial charge in [-0.2, -0.15) is 4.31 Å². The van der Waals surface area contributed by atoms with Crippen molar-refractivity contribution < 1.29 is 22.7 Å². The first kappa shape index (κ1) is 17.7. The highest BCUT2D eigenvalue weighted by Crippen LogP contribution is 2.27. The number of carbonyl (C=O) groups is 2. The maximum atomic E-state index is 12.8. The highest BCUT2D eigenvalue weighted by atomic mass is 35.5. The summed E-state index contributed by atoms with van der Waals surface area (Å²) < 4.78 is 31.4. The zero-order valence-electron chi connectivity index (χ0n) is 12.5. The van der Waals surface area contributed by atoms with E-state index in [0.29, 0.717) is 0 Å². The summed E-state index contributed by atoms with van der Waals surface area (Å²) in [5.41, 5.74) is 0. The largest absolute Gasteiger partial charge is 0.466 e. The fourth-order valence-corrected chi connectivity index (χ4v) is 4.42. The Balaban J connectivity index is 2.35. The van der Waals surface area contributed by atoms with Crippen molar-refractivity contribution in [1.29, 1.82) is 0 Å². The monoisotopic (exact) mass is 360 g/mol. The first-order valence-electron chi connectivity index (χ1n) is 7.07. The average Bonchev–Trinajstić information content (AvgIpc) is 2.49. The number of hydrogen-bond donors (Lipinski definition) is 1. The molecular formula is C14H17ClN2O5S. The van der Waals surface area contributed by atoms with E-state index < -0.39 is 27.9 Å². The third kappa shape index (κ3) is 3.82. The molecule has 1 aliphatic heterocycles. The summed E-state index contributed by atoms with van der Waals surface area (Å²) in [5, 5.41) is 2.63. The van der Waals surface area contributed by atoms with Crippen LogP contribution in [0.3, 0.4) is 0 Å². The summed E-state index contributed by atoms with van der Waals surface area (Å²) in [5.74, 6) is -1.16. The molecule has 0 bridgehead atoms. The van der Waals surface area contributed by atoms with Gasteiger partial charge in [0.1, 0.15) is 10.9 Å². The number of piperazine rings is 1. The van der Waals surface area contributed by atoms with Crippen LogP contribution in [0.5, 0.6) is 0 Å². The number of esters is 1. The van der Waals surface area contributed by atoms with Crippen LogP contribution in [-0.4, -0.2) is 50.3 Å². The number of nitrogens with one attached hydrogen (secondary N) is 1. The second-order valence-corrected chi connectivity index (χ2v) is 7.13. The van der Waals surface area contributed by atoms with E-state index in [1.807, 2.05) is 0 Å². The second-order valence-electron chi connectivity index (χ2n) is 4.86. The van der Waals surface area contributed by atoms with Gasteiger partial charge >= 0.3 is 5.97 Å². The van der Waals surface area contributed by atoms with E-state index in [2.05, 4.69) is 5.32 Å². The number of halogens is 1. The zero-order chi connectivity index (χ0) is 17.0. The average molecular weight is 361 g/mol. The fourth-order valence-electron chi connectivity index (χ4n) is 2.33. The molecule has 23 heavy (non-hydrogen) atoms. The molecule has 0 aliphatic carbocycles. The van der Waals surface area contributed by atoms with E-state index in [9.17, 15) is 18.0 Å². The third-order valence-electron chi connectivity index (χ3n) is 3.37. The Hall–Kier alpha value is -1.64.